The number of hydrogen-bond donors (Lipinski definition) is 1. The van der Waals surface area contributed by atoms with Gasteiger partial charge < -0.3 is 14.6 Å². The number of halogens is 6. The highest BCUT2D eigenvalue weighted by Crippen LogP contribution is 2.57. The quantitative estimate of drug-likeness (QED) is 0.552. The van der Waals surface area contributed by atoms with Crippen molar-refractivity contribution in [3.05, 3.63) is 65.1 Å². The van der Waals surface area contributed by atoms with Crippen LogP contribution in [0.4, 0.5) is 26.3 Å². The van der Waals surface area contributed by atoms with E-state index in [1.807, 2.05) is 0 Å². The van der Waals surface area contributed by atoms with E-state index >= 15 is 0 Å². The third-order valence-electron chi connectivity index (χ3n) is 4.28. The van der Waals surface area contributed by atoms with Crippen LogP contribution < -0.4 is 4.74 Å². The minimum Gasteiger partial charge on any atom is -0.497 e. The lowest BCUT2D eigenvalue weighted by Crippen LogP contribution is -2.55. The molecule has 0 fully saturated rings. The molecule has 0 radical (unpaired) electrons. The Morgan fingerprint density at radius 1 is 0.926 bits per heavy atom. The molecule has 0 bridgehead atoms. The van der Waals surface area contributed by atoms with E-state index in [0.29, 0.717) is 6.08 Å². The summed E-state index contributed by atoms with van der Waals surface area (Å²) in [5, 5.41) is 9.48. The van der Waals surface area contributed by atoms with Gasteiger partial charge in [-0.25, -0.2) is 0 Å². The third-order valence-corrected chi connectivity index (χ3v) is 4.28. The fraction of sp³-hybridized carbons (Fsp3) is 0.333. The predicted octanol–water partition coefficient (Wildman–Crippen LogP) is 5.36. The summed E-state index contributed by atoms with van der Waals surface area (Å²) in [5.41, 5.74) is -6.13. The average Bonchev–Trinajstić information content (AvgIpc) is 2.60. The molecule has 27 heavy (non-hydrogen) atoms. The zero-order chi connectivity index (χ0) is 20.5. The Labute approximate surface area is 151 Å². The van der Waals surface area contributed by atoms with Crippen LogP contribution in [-0.4, -0.2) is 31.7 Å². The summed E-state index contributed by atoms with van der Waals surface area (Å²) in [7, 11) is 2.38. The van der Waals surface area contributed by atoms with Gasteiger partial charge in [-0.2, -0.15) is 26.3 Å². The van der Waals surface area contributed by atoms with Crippen molar-refractivity contribution in [2.75, 3.05) is 14.2 Å². The Morgan fingerprint density at radius 3 is 1.85 bits per heavy atom. The maximum absolute atomic E-state index is 13.9. The van der Waals surface area contributed by atoms with Gasteiger partial charge in [0.2, 0.25) is 5.41 Å². The summed E-state index contributed by atoms with van der Waals surface area (Å²) in [6.45, 7) is 0. The van der Waals surface area contributed by atoms with Gasteiger partial charge >= 0.3 is 12.4 Å². The largest absolute Gasteiger partial charge is 0.497 e. The summed E-state index contributed by atoms with van der Waals surface area (Å²) in [5.74, 6) is -0.448. The first kappa shape index (κ1) is 20.7. The van der Waals surface area contributed by atoms with E-state index in [-0.39, 0.29) is 17.7 Å². The second-order valence-electron chi connectivity index (χ2n) is 5.71. The molecule has 0 spiro atoms. The molecule has 9 heteroatoms. The summed E-state index contributed by atoms with van der Waals surface area (Å²) in [6.07, 6.45) is -9.23. The van der Waals surface area contributed by atoms with E-state index in [9.17, 15) is 31.4 Å². The number of hydrogen-bond acceptors (Lipinski definition) is 3. The number of aliphatic hydroxyl groups is 1. The minimum absolute atomic E-state index is 0.0641. The average molecular weight is 394 g/mol. The van der Waals surface area contributed by atoms with Crippen molar-refractivity contribution < 1.29 is 40.9 Å². The van der Waals surface area contributed by atoms with Crippen LogP contribution in [0.5, 0.6) is 5.75 Å². The molecule has 1 aliphatic rings. The Morgan fingerprint density at radius 2 is 1.48 bits per heavy atom. The van der Waals surface area contributed by atoms with Crippen molar-refractivity contribution in [2.24, 2.45) is 0 Å². The van der Waals surface area contributed by atoms with Gasteiger partial charge in [0.25, 0.3) is 5.95 Å². The third kappa shape index (κ3) is 3.50. The van der Waals surface area contributed by atoms with Gasteiger partial charge in [0.1, 0.15) is 5.75 Å². The van der Waals surface area contributed by atoms with Gasteiger partial charge in [-0.15, -0.1) is 0 Å². The molecule has 0 amide bonds. The number of rotatable bonds is 4. The monoisotopic (exact) mass is 394 g/mol. The standard InChI is InChI=1S/C18H16F6O3/c1-26-14-9-7-13(8-10-14)16(17(19,20)21,18(22,23)24)12-5-3-11(4-6-12)15(25)27-2/h3,5-10,25H,4H2,1-2H3. The summed E-state index contributed by atoms with van der Waals surface area (Å²) in [6, 6.07) is 3.56. The van der Waals surface area contributed by atoms with Crippen molar-refractivity contribution in [3.63, 3.8) is 0 Å². The molecular formula is C18H16F6O3. The van der Waals surface area contributed by atoms with Crippen LogP contribution in [0.1, 0.15) is 12.0 Å². The Balaban J connectivity index is 2.71. The van der Waals surface area contributed by atoms with Crippen LogP contribution in [-0.2, 0) is 10.2 Å². The highest BCUT2D eigenvalue weighted by atomic mass is 19.4. The lowest BCUT2D eigenvalue weighted by molar-refractivity contribution is -0.289. The summed E-state index contributed by atoms with van der Waals surface area (Å²) < 4.78 is 93.0. The molecular weight excluding hydrogens is 378 g/mol. The van der Waals surface area contributed by atoms with Crippen molar-refractivity contribution in [3.8, 4) is 5.75 Å². The first-order valence-electron chi connectivity index (χ1n) is 7.61. The number of ether oxygens (including phenoxy) is 2. The zero-order valence-corrected chi connectivity index (χ0v) is 14.3. The number of allylic oxidation sites excluding steroid dienone is 5. The molecule has 1 aromatic carbocycles. The maximum atomic E-state index is 13.9. The molecule has 2 rings (SSSR count). The fourth-order valence-corrected chi connectivity index (χ4v) is 2.94. The van der Waals surface area contributed by atoms with E-state index in [0.717, 1.165) is 43.5 Å². The first-order valence-corrected chi connectivity index (χ1v) is 7.61. The Hall–Kier alpha value is -2.58. The van der Waals surface area contributed by atoms with Crippen LogP contribution in [0.3, 0.4) is 0 Å². The second kappa shape index (κ2) is 7.21. The molecule has 0 aliphatic heterocycles. The summed E-state index contributed by atoms with van der Waals surface area (Å²) in [4.78, 5) is 0. The Bertz CT molecular complexity index is 756. The normalized spacial score (nSPS) is 17.4. The number of alkyl halides is 6. The SMILES string of the molecule is COC(O)=C1C=CC(C(c2ccc(OC)cc2)(C(F)(F)F)C(F)(F)F)=CC1. The van der Waals surface area contributed by atoms with Gasteiger partial charge in [0, 0.05) is 5.57 Å². The van der Waals surface area contributed by atoms with Crippen molar-refractivity contribution in [2.45, 2.75) is 24.2 Å². The van der Waals surface area contributed by atoms with Crippen LogP contribution >= 0.6 is 0 Å². The maximum Gasteiger partial charge on any atom is 0.411 e. The topological polar surface area (TPSA) is 38.7 Å². The summed E-state index contributed by atoms with van der Waals surface area (Å²) >= 11 is 0. The molecule has 0 unspecified atom stereocenters. The van der Waals surface area contributed by atoms with Crippen LogP contribution in [0.25, 0.3) is 0 Å². The number of methoxy groups -OCH3 is 2. The van der Waals surface area contributed by atoms with Crippen molar-refractivity contribution >= 4 is 0 Å². The van der Waals surface area contributed by atoms with E-state index in [2.05, 4.69) is 4.74 Å². The second-order valence-corrected chi connectivity index (χ2v) is 5.71. The number of aliphatic hydroxyl groups excluding tert-OH is 1. The smallest absolute Gasteiger partial charge is 0.411 e. The van der Waals surface area contributed by atoms with E-state index in [1.165, 1.54) is 7.11 Å². The fourth-order valence-electron chi connectivity index (χ4n) is 2.94. The van der Waals surface area contributed by atoms with Gasteiger partial charge in [-0.3, -0.25) is 0 Å². The van der Waals surface area contributed by atoms with E-state index < -0.39 is 34.8 Å². The highest BCUT2D eigenvalue weighted by molar-refractivity contribution is 5.51. The molecule has 0 heterocycles. The van der Waals surface area contributed by atoms with Gasteiger partial charge in [0.05, 0.1) is 14.2 Å². The molecule has 0 saturated carbocycles. The van der Waals surface area contributed by atoms with Crippen LogP contribution in [0.15, 0.2) is 59.6 Å². The highest BCUT2D eigenvalue weighted by Gasteiger charge is 2.73. The molecule has 0 saturated heterocycles. The lowest BCUT2D eigenvalue weighted by Gasteiger charge is -2.39. The molecule has 3 nitrogen and oxygen atoms in total. The Kier molecular flexibility index (Phi) is 5.53. The predicted molar refractivity (Wildman–Crippen MR) is 85.3 cm³/mol. The van der Waals surface area contributed by atoms with Crippen LogP contribution in [0, 0.1) is 0 Å². The van der Waals surface area contributed by atoms with E-state index in [1.54, 1.807) is 0 Å². The van der Waals surface area contributed by atoms with E-state index in [4.69, 9.17) is 4.74 Å². The molecule has 1 N–H and O–H groups in total. The zero-order valence-electron chi connectivity index (χ0n) is 14.3. The minimum atomic E-state index is -5.67. The molecule has 148 valence electrons. The molecule has 0 aromatic heterocycles. The van der Waals surface area contributed by atoms with Gasteiger partial charge in [0.15, 0.2) is 0 Å². The van der Waals surface area contributed by atoms with Gasteiger partial charge in [-0.1, -0.05) is 30.4 Å². The lowest BCUT2D eigenvalue weighted by atomic mass is 9.70. The van der Waals surface area contributed by atoms with Crippen molar-refractivity contribution in [1.29, 1.82) is 0 Å². The molecule has 0 atom stereocenters. The molecule has 1 aliphatic carbocycles. The number of benzene rings is 1. The van der Waals surface area contributed by atoms with Gasteiger partial charge in [-0.05, 0) is 29.7 Å². The molecule has 1 aromatic rings. The van der Waals surface area contributed by atoms with Crippen molar-refractivity contribution in [1.82, 2.24) is 0 Å². The first-order chi connectivity index (χ1) is 12.5. The van der Waals surface area contributed by atoms with Crippen LogP contribution in [0.2, 0.25) is 0 Å².